The molecule has 2 atom stereocenters. The summed E-state index contributed by atoms with van der Waals surface area (Å²) in [6, 6.07) is 3.51. The number of nitrogens with zero attached hydrogens (tertiary/aromatic N) is 2. The molecule has 6 nitrogen and oxygen atoms in total. The number of aromatic nitrogens is 1. The zero-order valence-electron chi connectivity index (χ0n) is 12.7. The molecule has 1 aromatic rings. The van der Waals surface area contributed by atoms with Crippen LogP contribution >= 0.6 is 0 Å². The van der Waals surface area contributed by atoms with Crippen molar-refractivity contribution >= 4 is 11.6 Å². The van der Waals surface area contributed by atoms with E-state index in [1.54, 1.807) is 18.3 Å². The van der Waals surface area contributed by atoms with E-state index in [0.717, 1.165) is 5.82 Å². The standard InChI is InChI=1S/C16H22N2O4/c1-11(19)12-2-6-17-14(10-12)18-7-4-16(5-8-18)15(21)13(20)3-9-22-16/h2,6,10,13,15,20-21H,3-5,7-9H2,1H3/t13-,15-/m0/s1. The molecule has 2 aliphatic heterocycles. The van der Waals surface area contributed by atoms with E-state index in [4.69, 9.17) is 4.74 Å². The van der Waals surface area contributed by atoms with Crippen LogP contribution in [0.5, 0.6) is 0 Å². The van der Waals surface area contributed by atoms with Gasteiger partial charge in [-0.05, 0) is 38.3 Å². The molecule has 22 heavy (non-hydrogen) atoms. The van der Waals surface area contributed by atoms with Crippen molar-refractivity contribution in [3.05, 3.63) is 23.9 Å². The first kappa shape index (κ1) is 15.4. The van der Waals surface area contributed by atoms with Crippen molar-refractivity contribution in [1.29, 1.82) is 0 Å². The molecule has 2 N–H and O–H groups in total. The average molecular weight is 306 g/mol. The van der Waals surface area contributed by atoms with Gasteiger partial charge in [-0.2, -0.15) is 0 Å². The number of pyridine rings is 1. The minimum absolute atomic E-state index is 0.0197. The molecule has 3 rings (SSSR count). The molecule has 0 aromatic carbocycles. The fourth-order valence-electron chi connectivity index (χ4n) is 3.34. The highest BCUT2D eigenvalue weighted by atomic mass is 16.5. The monoisotopic (exact) mass is 306 g/mol. The van der Waals surface area contributed by atoms with Crippen molar-refractivity contribution in [2.75, 3.05) is 24.6 Å². The molecule has 120 valence electrons. The van der Waals surface area contributed by atoms with Crippen LogP contribution < -0.4 is 4.90 Å². The van der Waals surface area contributed by atoms with Crippen LogP contribution in [0.25, 0.3) is 0 Å². The normalized spacial score (nSPS) is 27.9. The molecule has 1 spiro atoms. The van der Waals surface area contributed by atoms with E-state index in [0.29, 0.717) is 44.5 Å². The Morgan fingerprint density at radius 1 is 1.41 bits per heavy atom. The second-order valence-corrected chi connectivity index (χ2v) is 6.16. The molecular formula is C16H22N2O4. The SMILES string of the molecule is CC(=O)c1ccnc(N2CCC3(CC2)OCC[C@H](O)[C@@H]3O)c1. The van der Waals surface area contributed by atoms with Gasteiger partial charge < -0.3 is 19.8 Å². The molecule has 0 radical (unpaired) electrons. The van der Waals surface area contributed by atoms with Crippen LogP contribution in [0.15, 0.2) is 18.3 Å². The number of aliphatic hydroxyl groups is 2. The zero-order valence-corrected chi connectivity index (χ0v) is 12.7. The van der Waals surface area contributed by atoms with E-state index in [-0.39, 0.29) is 5.78 Å². The van der Waals surface area contributed by atoms with Gasteiger partial charge in [0.2, 0.25) is 0 Å². The van der Waals surface area contributed by atoms with E-state index in [1.807, 2.05) is 0 Å². The molecule has 3 heterocycles. The van der Waals surface area contributed by atoms with Gasteiger partial charge in [-0.3, -0.25) is 4.79 Å². The third-order valence-electron chi connectivity index (χ3n) is 4.79. The summed E-state index contributed by atoms with van der Waals surface area (Å²) < 4.78 is 5.82. The van der Waals surface area contributed by atoms with Crippen molar-refractivity contribution in [3.63, 3.8) is 0 Å². The first-order chi connectivity index (χ1) is 10.5. The van der Waals surface area contributed by atoms with Crippen LogP contribution in [-0.4, -0.2) is 58.5 Å². The van der Waals surface area contributed by atoms with E-state index < -0.39 is 17.8 Å². The lowest BCUT2D eigenvalue weighted by Gasteiger charge is -2.48. The molecular weight excluding hydrogens is 284 g/mol. The van der Waals surface area contributed by atoms with Gasteiger partial charge >= 0.3 is 0 Å². The Labute approximate surface area is 129 Å². The Hall–Kier alpha value is -1.50. The predicted octanol–water partition coefficient (Wildman–Crippen LogP) is 0.765. The fourth-order valence-corrected chi connectivity index (χ4v) is 3.34. The second-order valence-electron chi connectivity index (χ2n) is 6.16. The van der Waals surface area contributed by atoms with Gasteiger partial charge in [0.1, 0.15) is 11.9 Å². The number of ether oxygens (including phenoxy) is 1. The minimum Gasteiger partial charge on any atom is -0.390 e. The predicted molar refractivity (Wildman–Crippen MR) is 81.0 cm³/mol. The van der Waals surface area contributed by atoms with Crippen LogP contribution in [0.3, 0.4) is 0 Å². The highest BCUT2D eigenvalue weighted by Gasteiger charge is 2.47. The smallest absolute Gasteiger partial charge is 0.159 e. The number of rotatable bonds is 2. The zero-order chi connectivity index (χ0) is 15.7. The number of Topliss-reactive ketones (excluding diaryl/α,β-unsaturated/α-hetero) is 1. The molecule has 2 aliphatic rings. The van der Waals surface area contributed by atoms with Crippen molar-refractivity contribution in [1.82, 2.24) is 4.98 Å². The van der Waals surface area contributed by atoms with E-state index in [9.17, 15) is 15.0 Å². The number of ketones is 1. The highest BCUT2D eigenvalue weighted by molar-refractivity contribution is 5.94. The summed E-state index contributed by atoms with van der Waals surface area (Å²) >= 11 is 0. The third-order valence-corrected chi connectivity index (χ3v) is 4.79. The quantitative estimate of drug-likeness (QED) is 0.785. The van der Waals surface area contributed by atoms with Gasteiger partial charge in [0.25, 0.3) is 0 Å². The number of hydrogen-bond donors (Lipinski definition) is 2. The summed E-state index contributed by atoms with van der Waals surface area (Å²) in [5.41, 5.74) is 0.00136. The first-order valence-electron chi connectivity index (χ1n) is 7.74. The number of hydrogen-bond acceptors (Lipinski definition) is 6. The summed E-state index contributed by atoms with van der Waals surface area (Å²) in [6.07, 6.45) is 1.86. The number of aliphatic hydroxyl groups excluding tert-OH is 2. The van der Waals surface area contributed by atoms with Crippen molar-refractivity contribution in [2.45, 2.75) is 44.0 Å². The molecule has 1 aromatic heterocycles. The Balaban J connectivity index is 1.71. The molecule has 0 unspecified atom stereocenters. The Morgan fingerprint density at radius 2 is 2.14 bits per heavy atom. The highest BCUT2D eigenvalue weighted by Crippen LogP contribution is 2.36. The summed E-state index contributed by atoms with van der Waals surface area (Å²) in [7, 11) is 0. The third kappa shape index (κ3) is 2.74. The molecule has 0 aliphatic carbocycles. The van der Waals surface area contributed by atoms with Crippen molar-refractivity contribution in [3.8, 4) is 0 Å². The first-order valence-corrected chi connectivity index (χ1v) is 7.74. The lowest BCUT2D eigenvalue weighted by Crippen LogP contribution is -2.60. The molecule has 0 amide bonds. The Morgan fingerprint density at radius 3 is 2.82 bits per heavy atom. The largest absolute Gasteiger partial charge is 0.390 e. The molecule has 0 bridgehead atoms. The van der Waals surface area contributed by atoms with Crippen LogP contribution in [0.4, 0.5) is 5.82 Å². The van der Waals surface area contributed by atoms with Gasteiger partial charge in [-0.1, -0.05) is 0 Å². The lowest BCUT2D eigenvalue weighted by molar-refractivity contribution is -0.205. The second kappa shape index (κ2) is 5.95. The number of carbonyl (C=O) groups is 1. The van der Waals surface area contributed by atoms with E-state index in [2.05, 4.69) is 9.88 Å². The van der Waals surface area contributed by atoms with Gasteiger partial charge in [0, 0.05) is 24.8 Å². The van der Waals surface area contributed by atoms with E-state index >= 15 is 0 Å². The molecule has 6 heteroatoms. The maximum atomic E-state index is 11.5. The molecule has 2 saturated heterocycles. The van der Waals surface area contributed by atoms with Crippen LogP contribution in [0.2, 0.25) is 0 Å². The van der Waals surface area contributed by atoms with Gasteiger partial charge in [0.15, 0.2) is 5.78 Å². The van der Waals surface area contributed by atoms with Crippen molar-refractivity contribution in [2.24, 2.45) is 0 Å². The summed E-state index contributed by atoms with van der Waals surface area (Å²) in [4.78, 5) is 17.9. The maximum absolute atomic E-state index is 11.5. The summed E-state index contributed by atoms with van der Waals surface area (Å²) in [6.45, 7) is 3.38. The van der Waals surface area contributed by atoms with Crippen LogP contribution in [0.1, 0.15) is 36.5 Å². The van der Waals surface area contributed by atoms with Gasteiger partial charge in [0.05, 0.1) is 18.3 Å². The summed E-state index contributed by atoms with van der Waals surface area (Å²) in [5, 5.41) is 20.2. The Bertz CT molecular complexity index is 555. The molecule has 2 fully saturated rings. The lowest BCUT2D eigenvalue weighted by atomic mass is 9.80. The number of anilines is 1. The Kier molecular flexibility index (Phi) is 4.16. The minimum atomic E-state index is -0.833. The maximum Gasteiger partial charge on any atom is 0.159 e. The van der Waals surface area contributed by atoms with Crippen LogP contribution in [0, 0.1) is 0 Å². The van der Waals surface area contributed by atoms with Gasteiger partial charge in [-0.25, -0.2) is 4.98 Å². The van der Waals surface area contributed by atoms with Crippen molar-refractivity contribution < 1.29 is 19.7 Å². The topological polar surface area (TPSA) is 82.9 Å². The number of carbonyl (C=O) groups excluding carboxylic acids is 1. The number of piperidine rings is 1. The van der Waals surface area contributed by atoms with Crippen LogP contribution in [-0.2, 0) is 4.74 Å². The van der Waals surface area contributed by atoms with Gasteiger partial charge in [-0.15, -0.1) is 0 Å². The fraction of sp³-hybridized carbons (Fsp3) is 0.625. The molecule has 0 saturated carbocycles. The summed E-state index contributed by atoms with van der Waals surface area (Å²) in [5.74, 6) is 0.791. The average Bonchev–Trinajstić information content (AvgIpc) is 2.53. The van der Waals surface area contributed by atoms with E-state index in [1.165, 1.54) is 6.92 Å².